The molecule has 3 aromatic rings. The van der Waals surface area contributed by atoms with Crippen LogP contribution in [0.3, 0.4) is 0 Å². The van der Waals surface area contributed by atoms with Crippen molar-refractivity contribution in [3.8, 4) is 11.6 Å². The van der Waals surface area contributed by atoms with Crippen molar-refractivity contribution >= 4 is 10.9 Å². The van der Waals surface area contributed by atoms with Crippen LogP contribution in [0.1, 0.15) is 12.8 Å². The van der Waals surface area contributed by atoms with Crippen molar-refractivity contribution < 1.29 is 13.5 Å². The van der Waals surface area contributed by atoms with Gasteiger partial charge in [0.2, 0.25) is 5.88 Å². The van der Waals surface area contributed by atoms with E-state index in [1.807, 2.05) is 30.3 Å². The van der Waals surface area contributed by atoms with E-state index in [0.29, 0.717) is 16.8 Å². The molecule has 1 fully saturated rings. The average Bonchev–Trinajstić information content (AvgIpc) is 2.95. The zero-order valence-corrected chi connectivity index (χ0v) is 13.0. The minimum atomic E-state index is -0.898. The molecule has 1 aromatic heterocycles. The van der Waals surface area contributed by atoms with Crippen LogP contribution in [-0.4, -0.2) is 29.0 Å². The van der Waals surface area contributed by atoms with Gasteiger partial charge < -0.3 is 10.1 Å². The Morgan fingerprint density at radius 1 is 1.04 bits per heavy atom. The molecule has 0 unspecified atom stereocenters. The predicted molar refractivity (Wildman–Crippen MR) is 87.5 cm³/mol. The van der Waals surface area contributed by atoms with Crippen LogP contribution in [0.15, 0.2) is 42.5 Å². The quantitative estimate of drug-likeness (QED) is 0.800. The van der Waals surface area contributed by atoms with E-state index in [0.717, 1.165) is 37.7 Å². The molecule has 4 rings (SSSR count). The highest BCUT2D eigenvalue weighted by Gasteiger charge is 2.21. The fourth-order valence-corrected chi connectivity index (χ4v) is 3.01. The molecular weight excluding hydrogens is 312 g/mol. The Labute approximate surface area is 138 Å². The Kier molecular flexibility index (Phi) is 3.90. The molecule has 2 aromatic carbocycles. The zero-order chi connectivity index (χ0) is 16.5. The summed E-state index contributed by atoms with van der Waals surface area (Å²) in [5.41, 5.74) is 1.26. The maximum absolute atomic E-state index is 13.7. The summed E-state index contributed by atoms with van der Waals surface area (Å²) in [6.07, 6.45) is 1.76. The van der Waals surface area contributed by atoms with Crippen molar-refractivity contribution in [2.24, 2.45) is 0 Å². The van der Waals surface area contributed by atoms with Crippen LogP contribution < -0.4 is 10.1 Å². The first-order chi connectivity index (χ1) is 11.7. The highest BCUT2D eigenvalue weighted by Crippen LogP contribution is 2.31. The van der Waals surface area contributed by atoms with Crippen molar-refractivity contribution in [2.75, 3.05) is 13.1 Å². The van der Waals surface area contributed by atoms with Crippen LogP contribution in [0.25, 0.3) is 16.6 Å². The van der Waals surface area contributed by atoms with Crippen LogP contribution in [0.2, 0.25) is 0 Å². The van der Waals surface area contributed by atoms with Gasteiger partial charge in [0, 0.05) is 6.07 Å². The van der Waals surface area contributed by atoms with Gasteiger partial charge in [-0.3, -0.25) is 0 Å². The molecule has 0 saturated carbocycles. The molecule has 1 N–H and O–H groups in total. The van der Waals surface area contributed by atoms with E-state index in [9.17, 15) is 8.78 Å². The van der Waals surface area contributed by atoms with Gasteiger partial charge in [0.1, 0.15) is 6.10 Å². The van der Waals surface area contributed by atoms with E-state index in [2.05, 4.69) is 10.4 Å². The molecule has 0 atom stereocenters. The highest BCUT2D eigenvalue weighted by atomic mass is 19.2. The van der Waals surface area contributed by atoms with Crippen LogP contribution in [0, 0.1) is 11.6 Å². The molecular formula is C18H17F2N3O. The third kappa shape index (κ3) is 2.73. The van der Waals surface area contributed by atoms with Gasteiger partial charge in [-0.25, -0.2) is 13.5 Å². The lowest BCUT2D eigenvalue weighted by Crippen LogP contribution is -2.34. The van der Waals surface area contributed by atoms with Gasteiger partial charge in [-0.15, -0.1) is 5.10 Å². The number of hydrogen-bond donors (Lipinski definition) is 1. The second-order valence-corrected chi connectivity index (χ2v) is 5.90. The maximum atomic E-state index is 13.7. The van der Waals surface area contributed by atoms with E-state index in [-0.39, 0.29) is 6.10 Å². The van der Waals surface area contributed by atoms with E-state index in [1.54, 1.807) is 4.68 Å². The summed E-state index contributed by atoms with van der Waals surface area (Å²) in [6, 6.07) is 11.7. The molecule has 0 radical (unpaired) electrons. The second-order valence-electron chi connectivity index (χ2n) is 5.90. The van der Waals surface area contributed by atoms with Gasteiger partial charge in [-0.1, -0.05) is 18.2 Å². The number of nitrogens with zero attached hydrogens (tertiary/aromatic N) is 2. The van der Waals surface area contributed by atoms with Crippen molar-refractivity contribution in [3.05, 3.63) is 54.1 Å². The molecule has 0 spiro atoms. The summed E-state index contributed by atoms with van der Waals surface area (Å²) in [5.74, 6) is -1.45. The lowest BCUT2D eigenvalue weighted by atomic mass is 10.1. The van der Waals surface area contributed by atoms with Crippen LogP contribution in [0.5, 0.6) is 5.88 Å². The Hall–Kier alpha value is -2.47. The number of rotatable bonds is 3. The van der Waals surface area contributed by atoms with Gasteiger partial charge in [0.05, 0.1) is 16.6 Å². The predicted octanol–water partition coefficient (Wildman–Crippen LogP) is 3.43. The number of para-hydroxylation sites is 1. The molecule has 0 amide bonds. The minimum Gasteiger partial charge on any atom is -0.473 e. The van der Waals surface area contributed by atoms with Gasteiger partial charge >= 0.3 is 0 Å². The fourth-order valence-electron chi connectivity index (χ4n) is 3.01. The molecule has 6 heteroatoms. The SMILES string of the molecule is Fc1cc2c(OC3CCNCC3)nn(-c3ccccc3)c2cc1F. The largest absolute Gasteiger partial charge is 0.473 e. The van der Waals surface area contributed by atoms with Crippen LogP contribution in [-0.2, 0) is 0 Å². The lowest BCUT2D eigenvalue weighted by molar-refractivity contribution is 0.157. The average molecular weight is 329 g/mol. The summed E-state index contributed by atoms with van der Waals surface area (Å²) in [7, 11) is 0. The van der Waals surface area contributed by atoms with Crippen molar-refractivity contribution in [2.45, 2.75) is 18.9 Å². The molecule has 0 aliphatic carbocycles. The number of benzene rings is 2. The van der Waals surface area contributed by atoms with Crippen molar-refractivity contribution in [1.29, 1.82) is 0 Å². The standard InChI is InChI=1S/C18H17F2N3O/c19-15-10-14-17(11-16(15)20)23(12-4-2-1-3-5-12)22-18(14)24-13-6-8-21-9-7-13/h1-5,10-11,13,21H,6-9H2. The molecule has 2 heterocycles. The summed E-state index contributed by atoms with van der Waals surface area (Å²) in [5, 5.41) is 8.23. The Bertz CT molecular complexity index is 858. The van der Waals surface area contributed by atoms with Gasteiger partial charge in [0.25, 0.3) is 0 Å². The molecule has 24 heavy (non-hydrogen) atoms. The molecule has 124 valence electrons. The summed E-state index contributed by atoms with van der Waals surface area (Å²) < 4.78 is 35.1. The number of ether oxygens (including phenoxy) is 1. The first kappa shape index (κ1) is 15.1. The molecule has 1 saturated heterocycles. The number of nitrogens with one attached hydrogen (secondary N) is 1. The highest BCUT2D eigenvalue weighted by molar-refractivity contribution is 5.86. The van der Waals surface area contributed by atoms with Crippen LogP contribution >= 0.6 is 0 Å². The summed E-state index contributed by atoms with van der Waals surface area (Å²) in [6.45, 7) is 1.76. The van der Waals surface area contributed by atoms with Crippen LogP contribution in [0.4, 0.5) is 8.78 Å². The Morgan fingerprint density at radius 2 is 1.75 bits per heavy atom. The summed E-state index contributed by atoms with van der Waals surface area (Å²) in [4.78, 5) is 0. The number of aromatic nitrogens is 2. The topological polar surface area (TPSA) is 39.1 Å². The smallest absolute Gasteiger partial charge is 0.241 e. The maximum Gasteiger partial charge on any atom is 0.241 e. The Morgan fingerprint density at radius 3 is 2.50 bits per heavy atom. The molecule has 4 nitrogen and oxygen atoms in total. The van der Waals surface area contributed by atoms with Crippen molar-refractivity contribution in [3.63, 3.8) is 0 Å². The first-order valence-electron chi connectivity index (χ1n) is 8.03. The zero-order valence-electron chi connectivity index (χ0n) is 13.0. The third-order valence-electron chi connectivity index (χ3n) is 4.25. The first-order valence-corrected chi connectivity index (χ1v) is 8.03. The van der Waals surface area contributed by atoms with Crippen molar-refractivity contribution in [1.82, 2.24) is 15.1 Å². The molecule has 1 aliphatic rings. The van der Waals surface area contributed by atoms with E-state index in [1.165, 1.54) is 6.07 Å². The van der Waals surface area contributed by atoms with Gasteiger partial charge in [-0.2, -0.15) is 0 Å². The molecule has 0 bridgehead atoms. The normalized spacial score (nSPS) is 15.8. The Balaban J connectivity index is 1.82. The third-order valence-corrected chi connectivity index (χ3v) is 4.25. The van der Waals surface area contributed by atoms with E-state index in [4.69, 9.17) is 4.74 Å². The van der Waals surface area contributed by atoms with Gasteiger partial charge in [-0.05, 0) is 44.1 Å². The fraction of sp³-hybridized carbons (Fsp3) is 0.278. The van der Waals surface area contributed by atoms with E-state index >= 15 is 0 Å². The minimum absolute atomic E-state index is 0.0293. The summed E-state index contributed by atoms with van der Waals surface area (Å²) >= 11 is 0. The second kappa shape index (κ2) is 6.20. The van der Waals surface area contributed by atoms with Gasteiger partial charge in [0.15, 0.2) is 11.6 Å². The number of fused-ring (bicyclic) bond motifs is 1. The number of hydrogen-bond acceptors (Lipinski definition) is 3. The number of piperidine rings is 1. The number of halogens is 2. The lowest BCUT2D eigenvalue weighted by Gasteiger charge is -2.22. The molecule has 1 aliphatic heterocycles. The van der Waals surface area contributed by atoms with E-state index < -0.39 is 11.6 Å². The monoisotopic (exact) mass is 329 g/mol.